The number of halogens is 1. The van der Waals surface area contributed by atoms with Crippen molar-refractivity contribution in [3.05, 3.63) is 45.8 Å². The van der Waals surface area contributed by atoms with E-state index in [4.69, 9.17) is 20.8 Å². The van der Waals surface area contributed by atoms with Gasteiger partial charge in [0, 0.05) is 10.6 Å². The van der Waals surface area contributed by atoms with Crippen molar-refractivity contribution in [3.8, 4) is 11.5 Å². The maximum atomic E-state index is 12.4. The van der Waals surface area contributed by atoms with E-state index in [-0.39, 0.29) is 23.5 Å². The van der Waals surface area contributed by atoms with Crippen molar-refractivity contribution in [2.24, 2.45) is 0 Å². The van der Waals surface area contributed by atoms with E-state index in [1.165, 1.54) is 11.3 Å². The Hall–Kier alpha value is -2.36. The standard InChI is InChI=1S/C20H18ClN3O4S2/c1-2-27-19(26)16-14(11-3-4-11)9-29-18(16)22-15(25)10-30-20-24-23-17(28-20)12-5-7-13(21)8-6-12/h5-9,11H,2-4,10H2,1H3,(H,22,25). The molecule has 2 heterocycles. The van der Waals surface area contributed by atoms with Crippen LogP contribution in [0.3, 0.4) is 0 Å². The van der Waals surface area contributed by atoms with Crippen molar-refractivity contribution in [2.75, 3.05) is 17.7 Å². The molecule has 0 saturated heterocycles. The zero-order valence-electron chi connectivity index (χ0n) is 16.0. The maximum Gasteiger partial charge on any atom is 0.341 e. The van der Waals surface area contributed by atoms with Crippen molar-refractivity contribution < 1.29 is 18.7 Å². The van der Waals surface area contributed by atoms with E-state index in [0.29, 0.717) is 27.4 Å². The lowest BCUT2D eigenvalue weighted by Gasteiger charge is -2.07. The third-order valence-electron chi connectivity index (χ3n) is 4.39. The van der Waals surface area contributed by atoms with E-state index in [1.807, 2.05) is 5.38 Å². The Bertz CT molecular complexity index is 1060. The Morgan fingerprint density at radius 3 is 2.77 bits per heavy atom. The minimum Gasteiger partial charge on any atom is -0.462 e. The quantitative estimate of drug-likeness (QED) is 0.360. The van der Waals surface area contributed by atoms with Crippen LogP contribution in [0.25, 0.3) is 11.5 Å². The summed E-state index contributed by atoms with van der Waals surface area (Å²) in [5.41, 5.74) is 2.19. The van der Waals surface area contributed by atoms with Crippen LogP contribution >= 0.6 is 34.7 Å². The molecule has 1 saturated carbocycles. The van der Waals surface area contributed by atoms with Gasteiger partial charge in [0.05, 0.1) is 17.9 Å². The van der Waals surface area contributed by atoms with E-state index < -0.39 is 5.97 Å². The minimum absolute atomic E-state index is 0.0706. The molecule has 4 rings (SSSR count). The Morgan fingerprint density at radius 2 is 2.07 bits per heavy atom. The molecule has 1 aliphatic carbocycles. The second-order valence-electron chi connectivity index (χ2n) is 6.61. The predicted octanol–water partition coefficient (Wildman–Crippen LogP) is 5.24. The molecule has 0 bridgehead atoms. The van der Waals surface area contributed by atoms with Crippen molar-refractivity contribution in [1.82, 2.24) is 10.2 Å². The molecular weight excluding hydrogens is 446 g/mol. The summed E-state index contributed by atoms with van der Waals surface area (Å²) in [5, 5.41) is 14.1. The molecule has 0 unspecified atom stereocenters. The fourth-order valence-electron chi connectivity index (χ4n) is 2.84. The summed E-state index contributed by atoms with van der Waals surface area (Å²) < 4.78 is 10.8. The topological polar surface area (TPSA) is 94.3 Å². The maximum absolute atomic E-state index is 12.4. The molecule has 0 atom stereocenters. The number of aromatic nitrogens is 2. The van der Waals surface area contributed by atoms with Crippen LogP contribution in [0.2, 0.25) is 5.02 Å². The molecule has 3 aromatic rings. The summed E-state index contributed by atoms with van der Waals surface area (Å²) in [6, 6.07) is 7.03. The lowest BCUT2D eigenvalue weighted by molar-refractivity contribution is -0.113. The number of nitrogens with zero attached hydrogens (tertiary/aromatic N) is 2. The molecule has 30 heavy (non-hydrogen) atoms. The molecule has 7 nitrogen and oxygen atoms in total. The van der Waals surface area contributed by atoms with Gasteiger partial charge in [0.1, 0.15) is 5.00 Å². The number of thioether (sulfide) groups is 1. The van der Waals surface area contributed by atoms with Crippen LogP contribution in [0.5, 0.6) is 0 Å². The lowest BCUT2D eigenvalue weighted by atomic mass is 10.1. The highest BCUT2D eigenvalue weighted by Gasteiger charge is 2.32. The number of ether oxygens (including phenoxy) is 1. The first kappa shape index (κ1) is 20.9. The number of anilines is 1. The van der Waals surface area contributed by atoms with Crippen molar-refractivity contribution in [1.29, 1.82) is 0 Å². The Balaban J connectivity index is 1.39. The Labute approximate surface area is 186 Å². The Kier molecular flexibility index (Phi) is 6.40. The van der Waals surface area contributed by atoms with Crippen LogP contribution in [-0.4, -0.2) is 34.4 Å². The first-order valence-electron chi connectivity index (χ1n) is 9.35. The van der Waals surface area contributed by atoms with Crippen LogP contribution in [0, 0.1) is 0 Å². The first-order valence-corrected chi connectivity index (χ1v) is 11.6. The van der Waals surface area contributed by atoms with E-state index in [0.717, 1.165) is 35.7 Å². The Morgan fingerprint density at radius 1 is 1.30 bits per heavy atom. The summed E-state index contributed by atoms with van der Waals surface area (Å²) in [6.07, 6.45) is 2.11. The van der Waals surface area contributed by atoms with Crippen molar-refractivity contribution >= 4 is 51.6 Å². The molecule has 1 aromatic carbocycles. The third-order valence-corrected chi connectivity index (χ3v) is 6.38. The summed E-state index contributed by atoms with van der Waals surface area (Å²) >= 11 is 8.36. The monoisotopic (exact) mass is 463 g/mol. The van der Waals surface area contributed by atoms with Crippen LogP contribution in [0.4, 0.5) is 5.00 Å². The largest absolute Gasteiger partial charge is 0.462 e. The predicted molar refractivity (Wildman–Crippen MR) is 116 cm³/mol. The molecule has 1 aliphatic rings. The molecular formula is C20H18ClN3O4S2. The number of esters is 1. The van der Waals surface area contributed by atoms with Gasteiger partial charge < -0.3 is 14.5 Å². The van der Waals surface area contributed by atoms with Gasteiger partial charge in [-0.25, -0.2) is 4.79 Å². The normalized spacial score (nSPS) is 13.3. The van der Waals surface area contributed by atoms with E-state index in [9.17, 15) is 9.59 Å². The molecule has 10 heteroatoms. The van der Waals surface area contributed by atoms with Crippen LogP contribution < -0.4 is 5.32 Å². The van der Waals surface area contributed by atoms with Gasteiger partial charge in [-0.2, -0.15) is 0 Å². The molecule has 0 aliphatic heterocycles. The molecule has 2 aromatic heterocycles. The van der Waals surface area contributed by atoms with Crippen LogP contribution in [-0.2, 0) is 9.53 Å². The number of benzene rings is 1. The number of rotatable bonds is 8. The number of carbonyl (C=O) groups excluding carboxylic acids is 2. The molecule has 1 N–H and O–H groups in total. The second kappa shape index (κ2) is 9.20. The smallest absolute Gasteiger partial charge is 0.341 e. The van der Waals surface area contributed by atoms with Gasteiger partial charge in [-0.1, -0.05) is 23.4 Å². The van der Waals surface area contributed by atoms with Gasteiger partial charge in [-0.15, -0.1) is 21.5 Å². The van der Waals surface area contributed by atoms with Crippen molar-refractivity contribution in [3.63, 3.8) is 0 Å². The van der Waals surface area contributed by atoms with Gasteiger partial charge >= 0.3 is 5.97 Å². The second-order valence-corrected chi connectivity index (χ2v) is 8.85. The third kappa shape index (κ3) is 4.85. The van der Waals surface area contributed by atoms with Crippen LogP contribution in [0.15, 0.2) is 39.3 Å². The van der Waals surface area contributed by atoms with Crippen LogP contribution in [0.1, 0.15) is 41.6 Å². The van der Waals surface area contributed by atoms with Gasteiger partial charge in [0.2, 0.25) is 11.8 Å². The zero-order chi connectivity index (χ0) is 21.1. The van der Waals surface area contributed by atoms with Gasteiger partial charge in [0.15, 0.2) is 0 Å². The summed E-state index contributed by atoms with van der Waals surface area (Å²) in [5.74, 6) is 0.146. The fourth-order valence-corrected chi connectivity index (χ4v) is 4.58. The lowest BCUT2D eigenvalue weighted by Crippen LogP contribution is -2.16. The molecule has 0 radical (unpaired) electrons. The first-order chi connectivity index (χ1) is 14.5. The average Bonchev–Trinajstić information content (AvgIpc) is 3.32. The average molecular weight is 464 g/mol. The number of carbonyl (C=O) groups is 2. The van der Waals surface area contributed by atoms with Gasteiger partial charge in [0.25, 0.3) is 5.22 Å². The number of thiophene rings is 1. The van der Waals surface area contributed by atoms with Crippen molar-refractivity contribution in [2.45, 2.75) is 30.9 Å². The molecule has 1 fully saturated rings. The summed E-state index contributed by atoms with van der Waals surface area (Å²) in [4.78, 5) is 24.8. The number of amides is 1. The molecule has 156 valence electrons. The SMILES string of the molecule is CCOC(=O)c1c(C2CC2)csc1NC(=O)CSc1nnc(-c2ccc(Cl)cc2)o1. The highest BCUT2D eigenvalue weighted by molar-refractivity contribution is 7.99. The van der Waals surface area contributed by atoms with E-state index >= 15 is 0 Å². The summed E-state index contributed by atoms with van der Waals surface area (Å²) in [6.45, 7) is 2.05. The fraction of sp³-hybridized carbons (Fsp3) is 0.300. The van der Waals surface area contributed by atoms with Gasteiger partial charge in [-0.05, 0) is 60.9 Å². The number of hydrogen-bond donors (Lipinski definition) is 1. The molecule has 0 spiro atoms. The van der Waals surface area contributed by atoms with E-state index in [1.54, 1.807) is 31.2 Å². The molecule has 1 amide bonds. The summed E-state index contributed by atoms with van der Waals surface area (Å²) in [7, 11) is 0. The highest BCUT2D eigenvalue weighted by atomic mass is 35.5. The minimum atomic E-state index is -0.395. The highest BCUT2D eigenvalue weighted by Crippen LogP contribution is 2.46. The van der Waals surface area contributed by atoms with E-state index in [2.05, 4.69) is 15.5 Å². The number of nitrogens with one attached hydrogen (secondary N) is 1. The number of hydrogen-bond acceptors (Lipinski definition) is 8. The van der Waals surface area contributed by atoms with Gasteiger partial charge in [-0.3, -0.25) is 4.79 Å². The zero-order valence-corrected chi connectivity index (χ0v) is 18.4.